The molecule has 100 valence electrons. The van der Waals surface area contributed by atoms with Crippen LogP contribution in [0.4, 0.5) is 17.1 Å². The van der Waals surface area contributed by atoms with Crippen molar-refractivity contribution in [2.75, 3.05) is 25.3 Å². The molecule has 19 heavy (non-hydrogen) atoms. The van der Waals surface area contributed by atoms with Gasteiger partial charge in [0.15, 0.2) is 0 Å². The van der Waals surface area contributed by atoms with E-state index in [1.165, 1.54) is 0 Å². The molecule has 0 unspecified atom stereocenters. The maximum Gasteiger partial charge on any atom is 0.133 e. The number of halogens is 1. The first kappa shape index (κ1) is 13.5. The van der Waals surface area contributed by atoms with Crippen molar-refractivity contribution in [1.82, 2.24) is 0 Å². The molecule has 0 aliphatic heterocycles. The van der Waals surface area contributed by atoms with Crippen molar-refractivity contribution in [2.45, 2.75) is 0 Å². The lowest BCUT2D eigenvalue weighted by molar-refractivity contribution is 0.412. The molecule has 2 aromatic carbocycles. The number of anilines is 3. The van der Waals surface area contributed by atoms with Crippen molar-refractivity contribution in [3.8, 4) is 11.5 Å². The lowest BCUT2D eigenvalue weighted by atomic mass is 10.2. The van der Waals surface area contributed by atoms with Gasteiger partial charge in [0.05, 0.1) is 30.1 Å². The highest BCUT2D eigenvalue weighted by atomic mass is 79.9. The summed E-state index contributed by atoms with van der Waals surface area (Å²) < 4.78 is 11.2. The Bertz CT molecular complexity index is 588. The van der Waals surface area contributed by atoms with Gasteiger partial charge in [-0.1, -0.05) is 0 Å². The van der Waals surface area contributed by atoms with Crippen molar-refractivity contribution >= 4 is 33.0 Å². The fourth-order valence-electron chi connectivity index (χ4n) is 1.68. The highest BCUT2D eigenvalue weighted by Crippen LogP contribution is 2.31. The number of rotatable bonds is 4. The van der Waals surface area contributed by atoms with E-state index in [-0.39, 0.29) is 0 Å². The molecule has 2 rings (SSSR count). The number of nitrogen functional groups attached to an aromatic ring is 1. The van der Waals surface area contributed by atoms with E-state index >= 15 is 0 Å². The monoisotopic (exact) mass is 322 g/mol. The summed E-state index contributed by atoms with van der Waals surface area (Å²) in [7, 11) is 3.25. The van der Waals surface area contributed by atoms with E-state index in [1.54, 1.807) is 20.3 Å². The molecule has 0 saturated heterocycles. The number of methoxy groups -OCH3 is 2. The van der Waals surface area contributed by atoms with Crippen molar-refractivity contribution in [1.29, 1.82) is 0 Å². The van der Waals surface area contributed by atoms with Crippen LogP contribution in [0.2, 0.25) is 0 Å². The van der Waals surface area contributed by atoms with Crippen LogP contribution in [0.5, 0.6) is 11.5 Å². The van der Waals surface area contributed by atoms with Gasteiger partial charge in [-0.3, -0.25) is 0 Å². The first-order valence-corrected chi connectivity index (χ1v) is 6.47. The summed E-state index contributed by atoms with van der Waals surface area (Å²) in [6.45, 7) is 0. The van der Waals surface area contributed by atoms with E-state index in [0.717, 1.165) is 27.3 Å². The minimum Gasteiger partial charge on any atom is -0.497 e. The fraction of sp³-hybridized carbons (Fsp3) is 0.143. The lowest BCUT2D eigenvalue weighted by Gasteiger charge is -2.12. The van der Waals surface area contributed by atoms with Crippen LogP contribution in [-0.4, -0.2) is 14.2 Å². The first-order valence-electron chi connectivity index (χ1n) is 5.68. The van der Waals surface area contributed by atoms with Crippen LogP contribution in [0.3, 0.4) is 0 Å². The fourth-order valence-corrected chi connectivity index (χ4v) is 2.22. The lowest BCUT2D eigenvalue weighted by Crippen LogP contribution is -1.97. The van der Waals surface area contributed by atoms with E-state index in [2.05, 4.69) is 21.2 Å². The van der Waals surface area contributed by atoms with E-state index in [9.17, 15) is 0 Å². The summed E-state index contributed by atoms with van der Waals surface area (Å²) in [5, 5.41) is 3.25. The molecule has 5 heteroatoms. The topological polar surface area (TPSA) is 56.5 Å². The van der Waals surface area contributed by atoms with Gasteiger partial charge < -0.3 is 20.5 Å². The van der Waals surface area contributed by atoms with Gasteiger partial charge in [0.25, 0.3) is 0 Å². The molecule has 0 fully saturated rings. The van der Waals surface area contributed by atoms with E-state index in [1.807, 2.05) is 30.3 Å². The number of ether oxygens (including phenoxy) is 2. The predicted octanol–water partition coefficient (Wildman–Crippen LogP) is 3.79. The van der Waals surface area contributed by atoms with Gasteiger partial charge in [-0.05, 0) is 46.3 Å². The van der Waals surface area contributed by atoms with Gasteiger partial charge in [-0.25, -0.2) is 0 Å². The molecule has 0 saturated carbocycles. The van der Waals surface area contributed by atoms with Gasteiger partial charge in [-0.2, -0.15) is 0 Å². The minimum absolute atomic E-state index is 0.631. The number of nitrogens with two attached hydrogens (primary N) is 1. The van der Waals surface area contributed by atoms with Crippen LogP contribution in [0.15, 0.2) is 40.9 Å². The standard InChI is InChI=1S/C14H15BrN2O2/c1-18-10-4-5-13(12(16)8-10)17-9-3-6-14(19-2)11(15)7-9/h3-8,17H,16H2,1-2H3. The number of nitrogens with one attached hydrogen (secondary N) is 1. The average Bonchev–Trinajstić information content (AvgIpc) is 2.41. The molecule has 4 nitrogen and oxygen atoms in total. The van der Waals surface area contributed by atoms with E-state index in [4.69, 9.17) is 15.2 Å². The Balaban J connectivity index is 2.23. The number of benzene rings is 2. The molecule has 0 atom stereocenters. The van der Waals surface area contributed by atoms with Crippen LogP contribution in [0.25, 0.3) is 0 Å². The van der Waals surface area contributed by atoms with Crippen LogP contribution >= 0.6 is 15.9 Å². The number of hydrogen-bond acceptors (Lipinski definition) is 4. The van der Waals surface area contributed by atoms with Crippen molar-refractivity contribution in [3.63, 3.8) is 0 Å². The summed E-state index contributed by atoms with van der Waals surface area (Å²) in [6.07, 6.45) is 0. The van der Waals surface area contributed by atoms with Crippen molar-refractivity contribution in [3.05, 3.63) is 40.9 Å². The minimum atomic E-state index is 0.631. The zero-order chi connectivity index (χ0) is 13.8. The Kier molecular flexibility index (Phi) is 4.16. The van der Waals surface area contributed by atoms with E-state index in [0.29, 0.717) is 5.69 Å². The maximum absolute atomic E-state index is 5.96. The smallest absolute Gasteiger partial charge is 0.133 e. The Labute approximate surface area is 120 Å². The molecule has 0 spiro atoms. The average molecular weight is 323 g/mol. The summed E-state index contributed by atoms with van der Waals surface area (Å²) in [4.78, 5) is 0. The van der Waals surface area contributed by atoms with Crippen LogP contribution in [0.1, 0.15) is 0 Å². The highest BCUT2D eigenvalue weighted by Gasteiger charge is 2.04. The van der Waals surface area contributed by atoms with Gasteiger partial charge in [0.2, 0.25) is 0 Å². The van der Waals surface area contributed by atoms with Crippen LogP contribution in [-0.2, 0) is 0 Å². The summed E-state index contributed by atoms with van der Waals surface area (Å²) in [6, 6.07) is 11.3. The van der Waals surface area contributed by atoms with E-state index < -0.39 is 0 Å². The van der Waals surface area contributed by atoms with Gasteiger partial charge in [0.1, 0.15) is 11.5 Å². The SMILES string of the molecule is COc1ccc(Nc2ccc(OC)c(Br)c2)c(N)c1. The maximum atomic E-state index is 5.96. The summed E-state index contributed by atoms with van der Waals surface area (Å²) >= 11 is 3.45. The summed E-state index contributed by atoms with van der Waals surface area (Å²) in [5.41, 5.74) is 8.34. The molecule has 0 radical (unpaired) electrons. The van der Waals surface area contributed by atoms with Crippen molar-refractivity contribution < 1.29 is 9.47 Å². The van der Waals surface area contributed by atoms with Gasteiger partial charge in [0, 0.05) is 11.8 Å². The van der Waals surface area contributed by atoms with Gasteiger partial charge >= 0.3 is 0 Å². The molecule has 0 aromatic heterocycles. The molecule has 0 aliphatic rings. The van der Waals surface area contributed by atoms with Crippen LogP contribution in [0, 0.1) is 0 Å². The van der Waals surface area contributed by atoms with Crippen LogP contribution < -0.4 is 20.5 Å². The zero-order valence-corrected chi connectivity index (χ0v) is 12.3. The second-order valence-electron chi connectivity index (χ2n) is 3.93. The molecule has 3 N–H and O–H groups in total. The Morgan fingerprint density at radius 2 is 1.84 bits per heavy atom. The third-order valence-electron chi connectivity index (χ3n) is 2.69. The second kappa shape index (κ2) is 5.84. The molecular formula is C14H15BrN2O2. The predicted molar refractivity (Wildman–Crippen MR) is 81.4 cm³/mol. The van der Waals surface area contributed by atoms with Crippen molar-refractivity contribution in [2.24, 2.45) is 0 Å². The zero-order valence-electron chi connectivity index (χ0n) is 10.7. The Morgan fingerprint density at radius 1 is 1.05 bits per heavy atom. The largest absolute Gasteiger partial charge is 0.497 e. The first-order chi connectivity index (χ1) is 9.13. The third kappa shape index (κ3) is 3.12. The molecule has 0 heterocycles. The Hall–Kier alpha value is -1.88. The number of hydrogen-bond donors (Lipinski definition) is 2. The third-order valence-corrected chi connectivity index (χ3v) is 3.31. The van der Waals surface area contributed by atoms with Gasteiger partial charge in [-0.15, -0.1) is 0 Å². The molecule has 2 aromatic rings. The molecular weight excluding hydrogens is 308 g/mol. The normalized spacial score (nSPS) is 10.1. The second-order valence-corrected chi connectivity index (χ2v) is 4.78. The highest BCUT2D eigenvalue weighted by molar-refractivity contribution is 9.10. The Morgan fingerprint density at radius 3 is 2.42 bits per heavy atom. The molecule has 0 aliphatic carbocycles. The molecule has 0 bridgehead atoms. The summed E-state index contributed by atoms with van der Waals surface area (Å²) in [5.74, 6) is 1.52. The quantitative estimate of drug-likeness (QED) is 0.841. The molecule has 0 amide bonds.